The minimum atomic E-state index is -0.655. The number of rotatable bonds is 4. The molecule has 28 heavy (non-hydrogen) atoms. The van der Waals surface area contributed by atoms with Crippen LogP contribution in [0.1, 0.15) is 16.7 Å². The molecule has 1 N–H and O–H groups in total. The first-order chi connectivity index (χ1) is 13.6. The SMILES string of the molecule is Cc1cccn2cc(-c3nc(NCc4c(F)cccc4F)ncc3C#N)nc12. The van der Waals surface area contributed by atoms with Crippen LogP contribution in [0.2, 0.25) is 0 Å². The molecule has 0 spiro atoms. The molecule has 0 radical (unpaired) electrons. The van der Waals surface area contributed by atoms with Crippen LogP contribution in [-0.4, -0.2) is 19.4 Å². The molecular formula is C20H14F2N6. The molecule has 0 bridgehead atoms. The second-order valence-electron chi connectivity index (χ2n) is 6.17. The number of pyridine rings is 1. The highest BCUT2D eigenvalue weighted by Gasteiger charge is 2.15. The van der Waals surface area contributed by atoms with Gasteiger partial charge in [0.25, 0.3) is 0 Å². The van der Waals surface area contributed by atoms with E-state index in [4.69, 9.17) is 0 Å². The number of aromatic nitrogens is 4. The molecule has 0 saturated heterocycles. The molecule has 0 atom stereocenters. The van der Waals surface area contributed by atoms with Gasteiger partial charge < -0.3 is 9.72 Å². The number of anilines is 1. The lowest BCUT2D eigenvalue weighted by atomic mass is 10.2. The summed E-state index contributed by atoms with van der Waals surface area (Å²) in [6, 6.07) is 9.56. The number of imidazole rings is 1. The van der Waals surface area contributed by atoms with Crippen molar-refractivity contribution in [1.82, 2.24) is 19.4 Å². The first kappa shape index (κ1) is 17.5. The van der Waals surface area contributed by atoms with Gasteiger partial charge in [0.15, 0.2) is 0 Å². The molecule has 6 nitrogen and oxygen atoms in total. The summed E-state index contributed by atoms with van der Waals surface area (Å²) in [5.41, 5.74) is 2.73. The average molecular weight is 376 g/mol. The van der Waals surface area contributed by atoms with E-state index < -0.39 is 11.6 Å². The van der Waals surface area contributed by atoms with Gasteiger partial charge in [-0.05, 0) is 30.7 Å². The molecule has 0 aliphatic heterocycles. The zero-order valence-corrected chi connectivity index (χ0v) is 14.8. The molecular weight excluding hydrogens is 362 g/mol. The summed E-state index contributed by atoms with van der Waals surface area (Å²) in [5, 5.41) is 12.2. The van der Waals surface area contributed by atoms with Crippen LogP contribution in [0.4, 0.5) is 14.7 Å². The summed E-state index contributed by atoms with van der Waals surface area (Å²) >= 11 is 0. The van der Waals surface area contributed by atoms with E-state index >= 15 is 0 Å². The van der Waals surface area contributed by atoms with Gasteiger partial charge in [-0.3, -0.25) is 0 Å². The van der Waals surface area contributed by atoms with Crippen molar-refractivity contribution in [3.8, 4) is 17.5 Å². The Morgan fingerprint density at radius 1 is 1.14 bits per heavy atom. The zero-order chi connectivity index (χ0) is 19.7. The van der Waals surface area contributed by atoms with Crippen molar-refractivity contribution in [2.75, 3.05) is 5.32 Å². The first-order valence-electron chi connectivity index (χ1n) is 8.45. The maximum atomic E-state index is 13.8. The summed E-state index contributed by atoms with van der Waals surface area (Å²) in [6.45, 7) is 1.81. The molecule has 3 heterocycles. The van der Waals surface area contributed by atoms with Crippen LogP contribution in [0.5, 0.6) is 0 Å². The third kappa shape index (κ3) is 3.14. The summed E-state index contributed by atoms with van der Waals surface area (Å²) in [5.74, 6) is -1.17. The van der Waals surface area contributed by atoms with Gasteiger partial charge in [0, 0.05) is 24.5 Å². The van der Waals surface area contributed by atoms with Crippen molar-refractivity contribution in [3.05, 3.63) is 77.2 Å². The van der Waals surface area contributed by atoms with Crippen LogP contribution < -0.4 is 5.32 Å². The summed E-state index contributed by atoms with van der Waals surface area (Å²) in [7, 11) is 0. The summed E-state index contributed by atoms with van der Waals surface area (Å²) < 4.78 is 29.4. The zero-order valence-electron chi connectivity index (χ0n) is 14.8. The highest BCUT2D eigenvalue weighted by atomic mass is 19.1. The number of hydrogen-bond donors (Lipinski definition) is 1. The van der Waals surface area contributed by atoms with Gasteiger partial charge in [-0.25, -0.2) is 23.7 Å². The smallest absolute Gasteiger partial charge is 0.223 e. The third-order valence-corrected chi connectivity index (χ3v) is 4.31. The van der Waals surface area contributed by atoms with E-state index in [1.165, 1.54) is 24.4 Å². The lowest BCUT2D eigenvalue weighted by Crippen LogP contribution is -2.08. The Hall–Kier alpha value is -3.86. The van der Waals surface area contributed by atoms with E-state index in [1.807, 2.05) is 29.7 Å². The van der Waals surface area contributed by atoms with Crippen molar-refractivity contribution in [1.29, 1.82) is 5.26 Å². The Kier molecular flexibility index (Phi) is 4.41. The van der Waals surface area contributed by atoms with E-state index in [2.05, 4.69) is 26.3 Å². The molecule has 0 fully saturated rings. The Labute approximate surface area is 159 Å². The number of halogens is 2. The van der Waals surface area contributed by atoms with E-state index in [9.17, 15) is 14.0 Å². The maximum absolute atomic E-state index is 13.8. The van der Waals surface area contributed by atoms with Gasteiger partial charge in [-0.15, -0.1) is 0 Å². The predicted molar refractivity (Wildman–Crippen MR) is 99.4 cm³/mol. The lowest BCUT2D eigenvalue weighted by Gasteiger charge is -2.08. The number of nitriles is 1. The van der Waals surface area contributed by atoms with Crippen molar-refractivity contribution in [2.45, 2.75) is 13.5 Å². The van der Waals surface area contributed by atoms with E-state index in [-0.39, 0.29) is 23.6 Å². The fourth-order valence-electron chi connectivity index (χ4n) is 2.88. The second kappa shape index (κ2) is 7.04. The lowest BCUT2D eigenvalue weighted by molar-refractivity contribution is 0.559. The van der Waals surface area contributed by atoms with Crippen molar-refractivity contribution < 1.29 is 8.78 Å². The van der Waals surface area contributed by atoms with Gasteiger partial charge in [0.2, 0.25) is 5.95 Å². The standard InChI is InChI=1S/C20H14F2N6/c1-12-4-3-7-28-11-17(26-19(12)28)18-13(8-23)9-24-20(27-18)25-10-14-15(21)5-2-6-16(14)22/h2-7,9,11H,10H2,1H3,(H,24,25,27). The minimum Gasteiger partial charge on any atom is -0.350 e. The van der Waals surface area contributed by atoms with E-state index in [0.29, 0.717) is 11.4 Å². The molecule has 0 amide bonds. The van der Waals surface area contributed by atoms with Crippen LogP contribution in [-0.2, 0) is 6.54 Å². The molecule has 8 heteroatoms. The van der Waals surface area contributed by atoms with Crippen LogP contribution in [0.15, 0.2) is 48.9 Å². The quantitative estimate of drug-likeness (QED) is 0.585. The molecule has 0 saturated carbocycles. The van der Waals surface area contributed by atoms with Crippen LogP contribution in [0, 0.1) is 29.9 Å². The number of nitrogens with one attached hydrogen (secondary N) is 1. The molecule has 0 aliphatic carbocycles. The van der Waals surface area contributed by atoms with Crippen LogP contribution in [0.3, 0.4) is 0 Å². The molecule has 4 aromatic rings. The molecule has 0 aliphatic rings. The molecule has 0 unspecified atom stereocenters. The van der Waals surface area contributed by atoms with Crippen molar-refractivity contribution in [2.24, 2.45) is 0 Å². The Morgan fingerprint density at radius 3 is 2.64 bits per heavy atom. The third-order valence-electron chi connectivity index (χ3n) is 4.31. The van der Waals surface area contributed by atoms with E-state index in [0.717, 1.165) is 11.2 Å². The fraction of sp³-hybridized carbons (Fsp3) is 0.100. The van der Waals surface area contributed by atoms with E-state index in [1.54, 1.807) is 6.20 Å². The largest absolute Gasteiger partial charge is 0.350 e. The highest BCUT2D eigenvalue weighted by Crippen LogP contribution is 2.23. The van der Waals surface area contributed by atoms with Gasteiger partial charge in [0.1, 0.15) is 34.7 Å². The number of fused-ring (bicyclic) bond motifs is 1. The number of benzene rings is 1. The molecule has 138 valence electrons. The number of nitrogens with zero attached hydrogens (tertiary/aromatic N) is 5. The highest BCUT2D eigenvalue weighted by molar-refractivity contribution is 5.67. The molecule has 1 aromatic carbocycles. The minimum absolute atomic E-state index is 0.111. The average Bonchev–Trinajstić information content (AvgIpc) is 3.13. The van der Waals surface area contributed by atoms with Gasteiger partial charge >= 0.3 is 0 Å². The number of hydrogen-bond acceptors (Lipinski definition) is 5. The normalized spacial score (nSPS) is 10.8. The Balaban J connectivity index is 1.70. The van der Waals surface area contributed by atoms with Gasteiger partial charge in [-0.2, -0.15) is 5.26 Å². The van der Waals surface area contributed by atoms with Crippen molar-refractivity contribution in [3.63, 3.8) is 0 Å². The van der Waals surface area contributed by atoms with Crippen molar-refractivity contribution >= 4 is 11.6 Å². The van der Waals surface area contributed by atoms with Gasteiger partial charge in [-0.1, -0.05) is 12.1 Å². The first-order valence-corrected chi connectivity index (χ1v) is 8.45. The molecule has 3 aromatic heterocycles. The van der Waals surface area contributed by atoms with Crippen LogP contribution in [0.25, 0.3) is 17.0 Å². The maximum Gasteiger partial charge on any atom is 0.223 e. The van der Waals surface area contributed by atoms with Crippen LogP contribution >= 0.6 is 0 Å². The topological polar surface area (TPSA) is 78.9 Å². The fourth-order valence-corrected chi connectivity index (χ4v) is 2.88. The Morgan fingerprint density at radius 2 is 1.93 bits per heavy atom. The van der Waals surface area contributed by atoms with Gasteiger partial charge in [0.05, 0.1) is 11.8 Å². The number of aryl methyl sites for hydroxylation is 1. The summed E-state index contributed by atoms with van der Waals surface area (Å²) in [6.07, 6.45) is 4.98. The monoisotopic (exact) mass is 376 g/mol. The summed E-state index contributed by atoms with van der Waals surface area (Å²) in [4.78, 5) is 13.0. The second-order valence-corrected chi connectivity index (χ2v) is 6.17. The predicted octanol–water partition coefficient (Wildman–Crippen LogP) is 3.86. The molecule has 4 rings (SSSR count). The Bertz CT molecular complexity index is 1210.